The number of benzene rings is 3. The summed E-state index contributed by atoms with van der Waals surface area (Å²) in [6.07, 6.45) is 2.76. The molecule has 2 N–H and O–H groups in total. The number of ketones is 1. The number of hydrogen-bond acceptors (Lipinski definition) is 3. The topological polar surface area (TPSA) is 87.2 Å². The van der Waals surface area contributed by atoms with E-state index < -0.39 is 17.3 Å². The van der Waals surface area contributed by atoms with Crippen LogP contribution in [-0.2, 0) is 0 Å². The zero-order chi connectivity index (χ0) is 22.0. The summed E-state index contributed by atoms with van der Waals surface area (Å²) < 4.78 is 0. The molecule has 0 fully saturated rings. The normalized spacial score (nSPS) is 11.1. The van der Waals surface area contributed by atoms with Crippen molar-refractivity contribution in [3.63, 3.8) is 0 Å². The third-order valence-electron chi connectivity index (χ3n) is 4.85. The fourth-order valence-corrected chi connectivity index (χ4v) is 3.61. The first kappa shape index (κ1) is 20.3. The summed E-state index contributed by atoms with van der Waals surface area (Å²) in [5.74, 6) is -1.56. The maximum absolute atomic E-state index is 13.1. The first-order valence-corrected chi connectivity index (χ1v) is 9.78. The lowest BCUT2D eigenvalue weighted by molar-refractivity contribution is 0.0696. The number of aromatic nitrogens is 1. The molecule has 0 spiro atoms. The van der Waals surface area contributed by atoms with Gasteiger partial charge in [-0.25, -0.2) is 4.79 Å². The molecule has 1 aromatic heterocycles. The standard InChI is InChI=1S/C25H16ClNO4/c26-18-10-11-20-19(14-18)22(16-6-2-1-3-7-16)23(24(29)27-20)21(28)12-9-15-5-4-8-17(13-15)25(30)31/h1-14H,(H,27,29)(H,30,31)/b12-9+. The molecule has 6 heteroatoms. The van der Waals surface area contributed by atoms with Gasteiger partial charge in [-0.2, -0.15) is 0 Å². The number of rotatable bonds is 5. The maximum atomic E-state index is 13.1. The average molecular weight is 430 g/mol. The highest BCUT2D eigenvalue weighted by Crippen LogP contribution is 2.31. The van der Waals surface area contributed by atoms with E-state index >= 15 is 0 Å². The van der Waals surface area contributed by atoms with E-state index in [-0.39, 0.29) is 11.1 Å². The lowest BCUT2D eigenvalue weighted by Crippen LogP contribution is -2.18. The van der Waals surface area contributed by atoms with Gasteiger partial charge in [-0.3, -0.25) is 9.59 Å². The third kappa shape index (κ3) is 4.17. The zero-order valence-corrected chi connectivity index (χ0v) is 16.9. The van der Waals surface area contributed by atoms with E-state index in [1.807, 2.05) is 30.3 Å². The van der Waals surface area contributed by atoms with E-state index in [4.69, 9.17) is 16.7 Å². The number of carboxylic acid groups (broad SMARTS) is 1. The van der Waals surface area contributed by atoms with E-state index in [0.29, 0.717) is 32.6 Å². The monoisotopic (exact) mass is 429 g/mol. The molecule has 5 nitrogen and oxygen atoms in total. The predicted molar refractivity (Wildman–Crippen MR) is 122 cm³/mol. The number of nitrogens with one attached hydrogen (secondary N) is 1. The van der Waals surface area contributed by atoms with E-state index in [0.717, 1.165) is 0 Å². The van der Waals surface area contributed by atoms with Crippen LogP contribution in [0.4, 0.5) is 0 Å². The first-order chi connectivity index (χ1) is 14.9. The number of H-pyrrole nitrogens is 1. The van der Waals surface area contributed by atoms with Crippen LogP contribution in [0.15, 0.2) is 83.7 Å². The minimum Gasteiger partial charge on any atom is -0.478 e. The number of fused-ring (bicyclic) bond motifs is 1. The summed E-state index contributed by atoms with van der Waals surface area (Å²) >= 11 is 6.19. The van der Waals surface area contributed by atoms with Gasteiger partial charge in [0.05, 0.1) is 11.1 Å². The smallest absolute Gasteiger partial charge is 0.335 e. The number of carbonyl (C=O) groups is 2. The highest BCUT2D eigenvalue weighted by Gasteiger charge is 2.19. The zero-order valence-electron chi connectivity index (χ0n) is 16.1. The Morgan fingerprint density at radius 1 is 0.935 bits per heavy atom. The Hall–Kier alpha value is -3.96. The highest BCUT2D eigenvalue weighted by atomic mass is 35.5. The van der Waals surface area contributed by atoms with Crippen molar-refractivity contribution < 1.29 is 14.7 Å². The Bertz CT molecular complexity index is 1400. The van der Waals surface area contributed by atoms with Gasteiger partial charge in [0, 0.05) is 21.5 Å². The molecule has 0 amide bonds. The molecule has 3 aromatic carbocycles. The van der Waals surface area contributed by atoms with E-state index in [1.165, 1.54) is 24.3 Å². The lowest BCUT2D eigenvalue weighted by atomic mass is 9.94. The van der Waals surface area contributed by atoms with Crippen molar-refractivity contribution in [1.29, 1.82) is 0 Å². The van der Waals surface area contributed by atoms with Crippen molar-refractivity contribution in [3.05, 3.63) is 111 Å². The Balaban J connectivity index is 1.88. The van der Waals surface area contributed by atoms with Gasteiger partial charge in [-0.05, 0) is 47.5 Å². The first-order valence-electron chi connectivity index (χ1n) is 9.41. The van der Waals surface area contributed by atoms with E-state index in [1.54, 1.807) is 30.3 Å². The van der Waals surface area contributed by atoms with Gasteiger partial charge < -0.3 is 10.1 Å². The van der Waals surface area contributed by atoms with Crippen molar-refractivity contribution in [3.8, 4) is 11.1 Å². The van der Waals surface area contributed by atoms with Crippen LogP contribution in [0.3, 0.4) is 0 Å². The molecular weight excluding hydrogens is 414 g/mol. The summed E-state index contributed by atoms with van der Waals surface area (Å²) in [7, 11) is 0. The second-order valence-corrected chi connectivity index (χ2v) is 7.32. The van der Waals surface area contributed by atoms with Crippen molar-refractivity contribution in [2.24, 2.45) is 0 Å². The number of carbonyl (C=O) groups excluding carboxylic acids is 1. The highest BCUT2D eigenvalue weighted by molar-refractivity contribution is 6.31. The predicted octanol–water partition coefficient (Wildman–Crippen LogP) is 5.44. The quantitative estimate of drug-likeness (QED) is 0.326. The molecule has 0 radical (unpaired) electrons. The van der Waals surface area contributed by atoms with Crippen LogP contribution in [0.25, 0.3) is 28.1 Å². The summed E-state index contributed by atoms with van der Waals surface area (Å²) in [4.78, 5) is 39.9. The van der Waals surface area contributed by atoms with Gasteiger partial charge in [0.15, 0.2) is 5.78 Å². The van der Waals surface area contributed by atoms with Crippen molar-refractivity contribution in [2.45, 2.75) is 0 Å². The van der Waals surface area contributed by atoms with E-state index in [9.17, 15) is 14.4 Å². The van der Waals surface area contributed by atoms with Gasteiger partial charge in [-0.1, -0.05) is 60.1 Å². The third-order valence-corrected chi connectivity index (χ3v) is 5.08. The summed E-state index contributed by atoms with van der Waals surface area (Å²) in [6.45, 7) is 0. The van der Waals surface area contributed by atoms with Gasteiger partial charge in [0.1, 0.15) is 0 Å². The molecule has 0 atom stereocenters. The molecule has 0 aliphatic heterocycles. The van der Waals surface area contributed by atoms with Crippen LogP contribution in [0.5, 0.6) is 0 Å². The van der Waals surface area contributed by atoms with Crippen molar-refractivity contribution in [2.75, 3.05) is 0 Å². The molecule has 4 rings (SSSR count). The SMILES string of the molecule is O=C(O)c1cccc(/C=C/C(=O)c2c(-c3ccccc3)c3cc(Cl)ccc3[nH]c2=O)c1. The second-order valence-electron chi connectivity index (χ2n) is 6.89. The lowest BCUT2D eigenvalue weighted by Gasteiger charge is -2.11. The molecule has 0 aliphatic carbocycles. The molecule has 152 valence electrons. The van der Waals surface area contributed by atoms with Gasteiger partial charge in [-0.15, -0.1) is 0 Å². The molecule has 1 heterocycles. The Labute approximate surface area is 182 Å². The van der Waals surface area contributed by atoms with Crippen LogP contribution in [0.1, 0.15) is 26.3 Å². The molecule has 0 bridgehead atoms. The average Bonchev–Trinajstić information content (AvgIpc) is 2.77. The Morgan fingerprint density at radius 2 is 1.71 bits per heavy atom. The minimum absolute atomic E-state index is 0.00777. The molecule has 0 aliphatic rings. The second kappa shape index (κ2) is 8.42. The molecule has 0 saturated carbocycles. The Morgan fingerprint density at radius 3 is 2.45 bits per heavy atom. The fourth-order valence-electron chi connectivity index (χ4n) is 3.44. The largest absolute Gasteiger partial charge is 0.478 e. The number of allylic oxidation sites excluding steroid dienone is 1. The van der Waals surface area contributed by atoms with Crippen LogP contribution in [-0.4, -0.2) is 21.8 Å². The van der Waals surface area contributed by atoms with Crippen LogP contribution >= 0.6 is 11.6 Å². The van der Waals surface area contributed by atoms with Gasteiger partial charge in [0.25, 0.3) is 5.56 Å². The fraction of sp³-hybridized carbons (Fsp3) is 0. The van der Waals surface area contributed by atoms with Crippen LogP contribution in [0.2, 0.25) is 5.02 Å². The van der Waals surface area contributed by atoms with E-state index in [2.05, 4.69) is 4.98 Å². The molecule has 31 heavy (non-hydrogen) atoms. The number of halogens is 1. The van der Waals surface area contributed by atoms with Crippen LogP contribution < -0.4 is 5.56 Å². The molecular formula is C25H16ClNO4. The number of hydrogen-bond donors (Lipinski definition) is 2. The maximum Gasteiger partial charge on any atom is 0.335 e. The summed E-state index contributed by atoms with van der Waals surface area (Å²) in [5.41, 5.74) is 1.91. The summed E-state index contributed by atoms with van der Waals surface area (Å²) in [6, 6.07) is 20.4. The molecule has 4 aromatic rings. The number of pyridine rings is 1. The molecule has 0 unspecified atom stereocenters. The van der Waals surface area contributed by atoms with Gasteiger partial charge >= 0.3 is 5.97 Å². The van der Waals surface area contributed by atoms with Gasteiger partial charge in [0.2, 0.25) is 0 Å². The number of aromatic carboxylic acids is 1. The number of carboxylic acids is 1. The van der Waals surface area contributed by atoms with Crippen molar-refractivity contribution >= 4 is 40.3 Å². The Kier molecular flexibility index (Phi) is 5.52. The summed E-state index contributed by atoms with van der Waals surface area (Å²) in [5, 5.41) is 10.3. The van der Waals surface area contributed by atoms with Crippen molar-refractivity contribution in [1.82, 2.24) is 4.98 Å². The molecule has 0 saturated heterocycles. The van der Waals surface area contributed by atoms with Crippen LogP contribution in [0, 0.1) is 0 Å². The minimum atomic E-state index is -1.06. The number of aromatic amines is 1.